The van der Waals surface area contributed by atoms with E-state index in [1.54, 1.807) is 12.1 Å². The number of nitrogens with zero attached hydrogens (tertiary/aromatic N) is 2. The minimum absolute atomic E-state index is 0.0321. The van der Waals surface area contributed by atoms with Crippen molar-refractivity contribution in [2.24, 2.45) is 0 Å². The molecule has 1 heterocycles. The number of carbonyl (C=O) groups is 1. The van der Waals surface area contributed by atoms with Gasteiger partial charge in [0.1, 0.15) is 5.75 Å². The number of benzene rings is 2. The lowest BCUT2D eigenvalue weighted by atomic mass is 10.1. The largest absolute Gasteiger partial charge is 0.497 e. The third-order valence-electron chi connectivity index (χ3n) is 3.86. The average Bonchev–Trinajstić information content (AvgIpc) is 3.15. The van der Waals surface area contributed by atoms with Crippen molar-refractivity contribution in [1.82, 2.24) is 9.78 Å². The predicted octanol–water partition coefficient (Wildman–Crippen LogP) is 3.89. The fourth-order valence-corrected chi connectivity index (χ4v) is 2.40. The van der Waals surface area contributed by atoms with Crippen LogP contribution in [-0.2, 0) is 6.54 Å². The highest BCUT2D eigenvalue weighted by Crippen LogP contribution is 2.24. The van der Waals surface area contributed by atoms with Crippen LogP contribution in [0.4, 0.5) is 27.8 Å². The standard InChI is InChI=1S/C18H12F5N3O2/c1-28-10-4-2-9(3-5-10)18(27)24-12-6-7-26(25-12)8-11-13(19)15(21)17(23)16(22)14(11)20/h2-7H,8H2,1H3,(H,24,25,27). The monoisotopic (exact) mass is 397 g/mol. The Morgan fingerprint density at radius 3 is 2.11 bits per heavy atom. The summed E-state index contributed by atoms with van der Waals surface area (Å²) in [4.78, 5) is 12.2. The number of aromatic nitrogens is 2. The van der Waals surface area contributed by atoms with Gasteiger partial charge in [-0.1, -0.05) is 0 Å². The molecule has 5 nitrogen and oxygen atoms in total. The molecule has 0 spiro atoms. The fraction of sp³-hybridized carbons (Fsp3) is 0.111. The predicted molar refractivity (Wildman–Crippen MR) is 88.5 cm³/mol. The zero-order valence-electron chi connectivity index (χ0n) is 14.3. The zero-order chi connectivity index (χ0) is 20.4. The molecule has 0 saturated carbocycles. The van der Waals surface area contributed by atoms with Crippen LogP contribution in [0.5, 0.6) is 5.75 Å². The second-order valence-corrected chi connectivity index (χ2v) is 5.63. The number of hydrogen-bond donors (Lipinski definition) is 1. The van der Waals surface area contributed by atoms with E-state index in [1.165, 1.54) is 31.5 Å². The SMILES string of the molecule is COc1ccc(C(=O)Nc2ccn(Cc3c(F)c(F)c(F)c(F)c3F)n2)cc1. The first-order valence-electron chi connectivity index (χ1n) is 7.81. The van der Waals surface area contributed by atoms with Gasteiger partial charge in [-0.25, -0.2) is 22.0 Å². The molecular formula is C18H12F5N3O2. The van der Waals surface area contributed by atoms with Gasteiger partial charge in [0.25, 0.3) is 5.91 Å². The molecule has 0 atom stereocenters. The number of rotatable bonds is 5. The molecule has 3 rings (SSSR count). The molecule has 146 valence electrons. The molecule has 1 amide bonds. The van der Waals surface area contributed by atoms with E-state index >= 15 is 0 Å². The number of hydrogen-bond acceptors (Lipinski definition) is 3. The first kappa shape index (κ1) is 19.3. The minimum atomic E-state index is -2.23. The zero-order valence-corrected chi connectivity index (χ0v) is 14.3. The van der Waals surface area contributed by atoms with Gasteiger partial charge in [0, 0.05) is 17.8 Å². The third kappa shape index (κ3) is 3.66. The van der Waals surface area contributed by atoms with Crippen molar-refractivity contribution in [3.05, 3.63) is 76.7 Å². The first-order valence-corrected chi connectivity index (χ1v) is 7.81. The second-order valence-electron chi connectivity index (χ2n) is 5.63. The summed E-state index contributed by atoms with van der Waals surface area (Å²) in [5, 5.41) is 6.31. The van der Waals surface area contributed by atoms with Gasteiger partial charge in [-0.15, -0.1) is 0 Å². The van der Waals surface area contributed by atoms with E-state index < -0.39 is 47.1 Å². The summed E-state index contributed by atoms with van der Waals surface area (Å²) >= 11 is 0. The number of halogens is 5. The van der Waals surface area contributed by atoms with Crippen LogP contribution in [0.1, 0.15) is 15.9 Å². The molecule has 1 N–H and O–H groups in total. The highest BCUT2D eigenvalue weighted by atomic mass is 19.2. The molecular weight excluding hydrogens is 385 g/mol. The Morgan fingerprint density at radius 1 is 0.964 bits per heavy atom. The normalized spacial score (nSPS) is 10.8. The highest BCUT2D eigenvalue weighted by Gasteiger charge is 2.26. The molecule has 0 saturated heterocycles. The van der Waals surface area contributed by atoms with Crippen molar-refractivity contribution in [2.45, 2.75) is 6.54 Å². The van der Waals surface area contributed by atoms with Crippen LogP contribution in [0, 0.1) is 29.1 Å². The maximum atomic E-state index is 13.7. The molecule has 28 heavy (non-hydrogen) atoms. The molecule has 0 fully saturated rings. The molecule has 1 aromatic heterocycles. The molecule has 3 aromatic rings. The van der Waals surface area contributed by atoms with Gasteiger partial charge < -0.3 is 10.1 Å². The summed E-state index contributed by atoms with van der Waals surface area (Å²) in [5.74, 6) is -10.1. The summed E-state index contributed by atoms with van der Waals surface area (Å²) in [6.07, 6.45) is 1.22. The molecule has 0 aliphatic heterocycles. The quantitative estimate of drug-likeness (QED) is 0.404. The van der Waals surface area contributed by atoms with E-state index in [0.29, 0.717) is 11.3 Å². The number of anilines is 1. The Kier molecular flexibility index (Phi) is 5.30. The molecule has 0 radical (unpaired) electrons. The average molecular weight is 397 g/mol. The number of ether oxygens (including phenoxy) is 1. The van der Waals surface area contributed by atoms with E-state index in [4.69, 9.17) is 4.74 Å². The molecule has 2 aromatic carbocycles. The van der Waals surface area contributed by atoms with Gasteiger partial charge in [0.2, 0.25) is 5.82 Å². The van der Waals surface area contributed by atoms with Gasteiger partial charge in [0.05, 0.1) is 19.2 Å². The maximum absolute atomic E-state index is 13.7. The number of carbonyl (C=O) groups excluding carboxylic acids is 1. The number of nitrogens with one attached hydrogen (secondary N) is 1. The summed E-state index contributed by atoms with van der Waals surface area (Å²) in [7, 11) is 1.48. The van der Waals surface area contributed by atoms with Crippen LogP contribution in [0.2, 0.25) is 0 Å². The van der Waals surface area contributed by atoms with Crippen LogP contribution >= 0.6 is 0 Å². The van der Waals surface area contributed by atoms with Gasteiger partial charge >= 0.3 is 0 Å². The van der Waals surface area contributed by atoms with E-state index in [1.807, 2.05) is 0 Å². The van der Waals surface area contributed by atoms with Crippen LogP contribution < -0.4 is 10.1 Å². The summed E-state index contributed by atoms with van der Waals surface area (Å²) in [6.45, 7) is -0.718. The second kappa shape index (κ2) is 7.67. The third-order valence-corrected chi connectivity index (χ3v) is 3.86. The van der Waals surface area contributed by atoms with Gasteiger partial charge in [-0.3, -0.25) is 9.48 Å². The van der Waals surface area contributed by atoms with Crippen molar-refractivity contribution in [2.75, 3.05) is 12.4 Å². The summed E-state index contributed by atoms with van der Waals surface area (Å²) < 4.78 is 73.0. The topological polar surface area (TPSA) is 56.1 Å². The number of amides is 1. The molecule has 0 aliphatic carbocycles. The number of methoxy groups -OCH3 is 1. The van der Waals surface area contributed by atoms with Crippen molar-refractivity contribution in [1.29, 1.82) is 0 Å². The van der Waals surface area contributed by atoms with Crippen molar-refractivity contribution < 1.29 is 31.5 Å². The van der Waals surface area contributed by atoms with Crippen molar-refractivity contribution in [3.63, 3.8) is 0 Å². The molecule has 0 bridgehead atoms. The van der Waals surface area contributed by atoms with Crippen LogP contribution in [0.3, 0.4) is 0 Å². The fourth-order valence-electron chi connectivity index (χ4n) is 2.40. The maximum Gasteiger partial charge on any atom is 0.256 e. The Hall–Kier alpha value is -3.43. The minimum Gasteiger partial charge on any atom is -0.497 e. The van der Waals surface area contributed by atoms with Crippen molar-refractivity contribution in [3.8, 4) is 5.75 Å². The summed E-state index contributed by atoms with van der Waals surface area (Å²) in [6, 6.07) is 7.50. The Morgan fingerprint density at radius 2 is 1.54 bits per heavy atom. The van der Waals surface area contributed by atoms with Gasteiger partial charge in [-0.2, -0.15) is 5.10 Å². The molecule has 10 heteroatoms. The first-order chi connectivity index (χ1) is 13.3. The van der Waals surface area contributed by atoms with Gasteiger partial charge in [-0.05, 0) is 24.3 Å². The highest BCUT2D eigenvalue weighted by molar-refractivity contribution is 6.03. The Labute approximate surface area is 155 Å². The Bertz CT molecular complexity index is 1010. The van der Waals surface area contributed by atoms with E-state index in [-0.39, 0.29) is 5.82 Å². The van der Waals surface area contributed by atoms with Crippen LogP contribution in [-0.4, -0.2) is 22.8 Å². The smallest absolute Gasteiger partial charge is 0.256 e. The van der Waals surface area contributed by atoms with Crippen LogP contribution in [0.25, 0.3) is 0 Å². The lowest BCUT2D eigenvalue weighted by Crippen LogP contribution is -2.14. The van der Waals surface area contributed by atoms with E-state index in [2.05, 4.69) is 10.4 Å². The molecule has 0 unspecified atom stereocenters. The van der Waals surface area contributed by atoms with Gasteiger partial charge in [0.15, 0.2) is 29.1 Å². The molecule has 0 aliphatic rings. The lowest BCUT2D eigenvalue weighted by Gasteiger charge is -2.08. The van der Waals surface area contributed by atoms with Crippen molar-refractivity contribution >= 4 is 11.7 Å². The van der Waals surface area contributed by atoms with Crippen LogP contribution in [0.15, 0.2) is 36.5 Å². The lowest BCUT2D eigenvalue weighted by molar-refractivity contribution is 0.102. The van der Waals surface area contributed by atoms with E-state index in [9.17, 15) is 26.7 Å². The summed E-state index contributed by atoms with van der Waals surface area (Å²) in [5.41, 5.74) is -0.734. The Balaban J connectivity index is 1.77. The van der Waals surface area contributed by atoms with E-state index in [0.717, 1.165) is 4.68 Å².